The molecule has 0 aliphatic heterocycles. The molecule has 0 spiro atoms. The van der Waals surface area contributed by atoms with Crippen molar-refractivity contribution in [1.29, 1.82) is 0 Å². The van der Waals surface area contributed by atoms with Crippen LogP contribution < -0.4 is 16.1 Å². The van der Waals surface area contributed by atoms with Crippen molar-refractivity contribution in [2.75, 3.05) is 13.1 Å². The van der Waals surface area contributed by atoms with Crippen LogP contribution in [-0.2, 0) is 11.3 Å². The molecule has 0 saturated carbocycles. The molecule has 1 aromatic rings. The topological polar surface area (TPSA) is 93.7 Å². The highest BCUT2D eigenvalue weighted by molar-refractivity contribution is 5.90. The van der Waals surface area contributed by atoms with Gasteiger partial charge in [0.2, 0.25) is 0 Å². The van der Waals surface area contributed by atoms with E-state index in [0.717, 1.165) is 48.9 Å². The zero-order chi connectivity index (χ0) is 25.2. The molecule has 0 atom stereocenters. The van der Waals surface area contributed by atoms with Gasteiger partial charge in [0.1, 0.15) is 0 Å². The fourth-order valence-corrected chi connectivity index (χ4v) is 3.61. The number of allylic oxidation sites excluding steroid dienone is 3. The Balaban J connectivity index is 2.75. The van der Waals surface area contributed by atoms with Crippen LogP contribution in [0, 0.1) is 0 Å². The number of benzene rings is 1. The Morgan fingerprint density at radius 2 is 1.74 bits per heavy atom. The van der Waals surface area contributed by atoms with Gasteiger partial charge in [0.15, 0.2) is 0 Å². The summed E-state index contributed by atoms with van der Waals surface area (Å²) in [5, 5.41) is 15.2. The molecule has 0 aromatic heterocycles. The minimum absolute atomic E-state index is 0.0467. The summed E-state index contributed by atoms with van der Waals surface area (Å²) in [6.45, 7) is 10.2. The van der Waals surface area contributed by atoms with E-state index in [1.165, 1.54) is 6.08 Å². The third-order valence-corrected chi connectivity index (χ3v) is 5.27. The summed E-state index contributed by atoms with van der Waals surface area (Å²) in [6.07, 6.45) is 13.8. The zero-order valence-electron chi connectivity index (χ0n) is 21.1. The SMILES string of the molecule is C/C=C\C(=C/CC)N(CCNCc1ccc(/C=C/C(=O)NO)cc1)C(=O)NC(CCC)CCC. The summed E-state index contributed by atoms with van der Waals surface area (Å²) in [5.41, 5.74) is 4.45. The van der Waals surface area contributed by atoms with Gasteiger partial charge in [-0.25, -0.2) is 10.3 Å². The Kier molecular flexibility index (Phi) is 15.0. The van der Waals surface area contributed by atoms with Crippen molar-refractivity contribution in [3.63, 3.8) is 0 Å². The predicted octanol–water partition coefficient (Wildman–Crippen LogP) is 5.15. The average molecular weight is 471 g/mol. The van der Waals surface area contributed by atoms with Crippen LogP contribution in [0.4, 0.5) is 4.79 Å². The van der Waals surface area contributed by atoms with Crippen LogP contribution >= 0.6 is 0 Å². The highest BCUT2D eigenvalue weighted by Gasteiger charge is 2.19. The van der Waals surface area contributed by atoms with Gasteiger partial charge in [-0.15, -0.1) is 0 Å². The van der Waals surface area contributed by atoms with Gasteiger partial charge in [0.25, 0.3) is 5.91 Å². The minimum atomic E-state index is -0.565. The van der Waals surface area contributed by atoms with Gasteiger partial charge in [-0.2, -0.15) is 0 Å². The van der Waals surface area contributed by atoms with E-state index in [9.17, 15) is 9.59 Å². The molecular weight excluding hydrogens is 428 g/mol. The molecule has 1 aromatic carbocycles. The number of carbonyl (C=O) groups is 2. The molecule has 0 bridgehead atoms. The van der Waals surface area contributed by atoms with Crippen LogP contribution in [0.2, 0.25) is 0 Å². The Morgan fingerprint density at radius 1 is 1.06 bits per heavy atom. The van der Waals surface area contributed by atoms with E-state index in [2.05, 4.69) is 37.5 Å². The Labute approximate surface area is 205 Å². The molecule has 0 aliphatic rings. The lowest BCUT2D eigenvalue weighted by Crippen LogP contribution is -2.46. The average Bonchev–Trinajstić information content (AvgIpc) is 2.83. The standard InChI is InChI=1S/C27H42N4O3/c1-5-9-24(10-6-2)29-27(33)31(25(11-7-3)12-8-4)20-19-28-21-23-15-13-22(14-16-23)17-18-26(32)30-34/h7,11-18,24,28,34H,5-6,8-10,19-21H2,1-4H3,(H,29,33)(H,30,32)/b11-7-,18-17+,25-12+. The smallest absolute Gasteiger partial charge is 0.322 e. The molecule has 0 fully saturated rings. The van der Waals surface area contributed by atoms with Crippen LogP contribution in [0.5, 0.6) is 0 Å². The molecule has 0 radical (unpaired) electrons. The maximum absolute atomic E-state index is 13.2. The molecule has 0 unspecified atom stereocenters. The molecule has 0 saturated heterocycles. The Bertz CT molecular complexity index is 810. The van der Waals surface area contributed by atoms with Crippen molar-refractivity contribution in [3.8, 4) is 0 Å². The number of hydrogen-bond acceptors (Lipinski definition) is 4. The molecule has 7 heteroatoms. The van der Waals surface area contributed by atoms with Crippen molar-refractivity contribution < 1.29 is 14.8 Å². The lowest BCUT2D eigenvalue weighted by molar-refractivity contribution is -0.124. The lowest BCUT2D eigenvalue weighted by Gasteiger charge is -2.27. The first-order chi connectivity index (χ1) is 16.5. The van der Waals surface area contributed by atoms with Gasteiger partial charge < -0.3 is 10.6 Å². The first-order valence-electron chi connectivity index (χ1n) is 12.3. The molecular formula is C27H42N4O3. The fraction of sp³-hybridized carbons (Fsp3) is 0.481. The Morgan fingerprint density at radius 3 is 2.29 bits per heavy atom. The maximum Gasteiger partial charge on any atom is 0.322 e. The van der Waals surface area contributed by atoms with E-state index in [-0.39, 0.29) is 12.1 Å². The summed E-state index contributed by atoms with van der Waals surface area (Å²) in [6, 6.07) is 7.94. The van der Waals surface area contributed by atoms with E-state index in [4.69, 9.17) is 5.21 Å². The van der Waals surface area contributed by atoms with Gasteiger partial charge in [-0.3, -0.25) is 14.9 Å². The predicted molar refractivity (Wildman–Crippen MR) is 139 cm³/mol. The number of rotatable bonds is 15. The van der Waals surface area contributed by atoms with Crippen molar-refractivity contribution in [3.05, 3.63) is 65.4 Å². The van der Waals surface area contributed by atoms with Crippen molar-refractivity contribution >= 4 is 18.0 Å². The second kappa shape index (κ2) is 17.6. The summed E-state index contributed by atoms with van der Waals surface area (Å²) >= 11 is 0. The number of hydrogen-bond donors (Lipinski definition) is 4. The summed E-state index contributed by atoms with van der Waals surface area (Å²) in [5.74, 6) is -0.565. The second-order valence-corrected chi connectivity index (χ2v) is 8.14. The molecule has 188 valence electrons. The van der Waals surface area contributed by atoms with Crippen molar-refractivity contribution in [1.82, 2.24) is 21.0 Å². The molecule has 34 heavy (non-hydrogen) atoms. The quantitative estimate of drug-likeness (QED) is 0.0938. The van der Waals surface area contributed by atoms with E-state index in [1.54, 1.807) is 11.6 Å². The normalized spacial score (nSPS) is 12.0. The third-order valence-electron chi connectivity index (χ3n) is 5.27. The van der Waals surface area contributed by atoms with Crippen LogP contribution in [0.3, 0.4) is 0 Å². The number of hydroxylamine groups is 1. The third kappa shape index (κ3) is 11.3. The Hall–Kier alpha value is -2.90. The number of urea groups is 1. The number of carbonyl (C=O) groups excluding carboxylic acids is 2. The van der Waals surface area contributed by atoms with E-state index in [0.29, 0.717) is 19.6 Å². The van der Waals surface area contributed by atoms with E-state index in [1.807, 2.05) is 48.2 Å². The summed E-state index contributed by atoms with van der Waals surface area (Å²) in [4.78, 5) is 26.1. The van der Waals surface area contributed by atoms with Crippen molar-refractivity contribution in [2.24, 2.45) is 0 Å². The van der Waals surface area contributed by atoms with Crippen molar-refractivity contribution in [2.45, 2.75) is 72.4 Å². The van der Waals surface area contributed by atoms with Gasteiger partial charge >= 0.3 is 6.03 Å². The molecule has 3 amide bonds. The summed E-state index contributed by atoms with van der Waals surface area (Å²) < 4.78 is 0. The van der Waals surface area contributed by atoms with Gasteiger partial charge in [0.05, 0.1) is 0 Å². The molecule has 4 N–H and O–H groups in total. The van der Waals surface area contributed by atoms with Crippen LogP contribution in [-0.4, -0.2) is 41.2 Å². The molecule has 1 rings (SSSR count). The number of amides is 3. The first kappa shape index (κ1) is 29.1. The van der Waals surface area contributed by atoms with E-state index >= 15 is 0 Å². The number of nitrogens with one attached hydrogen (secondary N) is 3. The minimum Gasteiger partial charge on any atom is -0.335 e. The molecule has 0 aliphatic carbocycles. The summed E-state index contributed by atoms with van der Waals surface area (Å²) in [7, 11) is 0. The second-order valence-electron chi connectivity index (χ2n) is 8.14. The van der Waals surface area contributed by atoms with Gasteiger partial charge in [-0.1, -0.05) is 70.0 Å². The highest BCUT2D eigenvalue weighted by atomic mass is 16.5. The van der Waals surface area contributed by atoms with Crippen LogP contribution in [0.25, 0.3) is 6.08 Å². The van der Waals surface area contributed by atoms with Gasteiger partial charge in [0, 0.05) is 37.4 Å². The largest absolute Gasteiger partial charge is 0.335 e. The monoisotopic (exact) mass is 470 g/mol. The van der Waals surface area contributed by atoms with Crippen LogP contribution in [0.1, 0.15) is 70.9 Å². The maximum atomic E-state index is 13.2. The van der Waals surface area contributed by atoms with Crippen LogP contribution in [0.15, 0.2) is 54.3 Å². The lowest BCUT2D eigenvalue weighted by atomic mass is 10.1. The molecule has 7 nitrogen and oxygen atoms in total. The zero-order valence-corrected chi connectivity index (χ0v) is 21.1. The first-order valence-corrected chi connectivity index (χ1v) is 12.3. The fourth-order valence-electron chi connectivity index (χ4n) is 3.61. The van der Waals surface area contributed by atoms with Gasteiger partial charge in [-0.05, 0) is 49.5 Å². The molecule has 0 heterocycles. The number of nitrogens with zero attached hydrogens (tertiary/aromatic N) is 1. The van der Waals surface area contributed by atoms with E-state index < -0.39 is 5.91 Å². The highest BCUT2D eigenvalue weighted by Crippen LogP contribution is 2.12.